The summed E-state index contributed by atoms with van der Waals surface area (Å²) in [6.07, 6.45) is 3.60. The zero-order chi connectivity index (χ0) is 14.4. The highest BCUT2D eigenvalue weighted by Crippen LogP contribution is 2.26. The summed E-state index contributed by atoms with van der Waals surface area (Å²) in [6.45, 7) is 6.23. The number of nitrogen functional groups attached to an aromatic ring is 1. The Morgan fingerprint density at radius 2 is 2.30 bits per heavy atom. The van der Waals surface area contributed by atoms with Gasteiger partial charge in [-0.05, 0) is 50.9 Å². The number of piperidine rings is 1. The Morgan fingerprint density at radius 3 is 3.05 bits per heavy atom. The van der Waals surface area contributed by atoms with Crippen molar-refractivity contribution in [3.8, 4) is 5.75 Å². The van der Waals surface area contributed by atoms with Crippen LogP contribution in [0.5, 0.6) is 5.75 Å². The number of nitrogens with two attached hydrogens (primary N) is 1. The fraction of sp³-hybridized carbons (Fsp3) is 0.625. The lowest BCUT2D eigenvalue weighted by Gasteiger charge is -2.30. The molecule has 1 heterocycles. The highest BCUT2D eigenvalue weighted by Gasteiger charge is 2.16. The second-order valence-corrected chi connectivity index (χ2v) is 5.75. The van der Waals surface area contributed by atoms with Gasteiger partial charge in [0.15, 0.2) is 0 Å². The van der Waals surface area contributed by atoms with Gasteiger partial charge in [0.05, 0.1) is 12.3 Å². The predicted molar refractivity (Wildman–Crippen MR) is 85.4 cm³/mol. The molecule has 2 rings (SSSR count). The first-order valence-electron chi connectivity index (χ1n) is 7.63. The van der Waals surface area contributed by atoms with Crippen LogP contribution in [0.3, 0.4) is 0 Å². The fourth-order valence-corrected chi connectivity index (χ4v) is 2.68. The van der Waals surface area contributed by atoms with E-state index in [1.54, 1.807) is 0 Å². The van der Waals surface area contributed by atoms with Gasteiger partial charge in [-0.3, -0.25) is 0 Å². The Morgan fingerprint density at radius 1 is 1.45 bits per heavy atom. The summed E-state index contributed by atoms with van der Waals surface area (Å²) in [5.74, 6) is 1.52. The van der Waals surface area contributed by atoms with Crippen LogP contribution in [-0.2, 0) is 0 Å². The molecule has 20 heavy (non-hydrogen) atoms. The standard InChI is InChI=1S/C16H27N3O/c1-3-9-20-16-10-14(6-7-15(16)17)18-11-13-5-4-8-19(2)12-13/h6-7,10,13,18H,3-5,8-9,11-12,17H2,1-2H3. The molecule has 0 amide bonds. The van der Waals surface area contributed by atoms with Gasteiger partial charge in [0.2, 0.25) is 0 Å². The first kappa shape index (κ1) is 15.0. The lowest BCUT2D eigenvalue weighted by Crippen LogP contribution is -2.35. The topological polar surface area (TPSA) is 50.5 Å². The van der Waals surface area contributed by atoms with Gasteiger partial charge in [0.25, 0.3) is 0 Å². The average molecular weight is 277 g/mol. The van der Waals surface area contributed by atoms with E-state index in [0.717, 1.165) is 30.3 Å². The van der Waals surface area contributed by atoms with Crippen LogP contribution >= 0.6 is 0 Å². The zero-order valence-electron chi connectivity index (χ0n) is 12.7. The molecule has 1 atom stereocenters. The zero-order valence-corrected chi connectivity index (χ0v) is 12.7. The van der Waals surface area contributed by atoms with Crippen molar-refractivity contribution in [2.45, 2.75) is 26.2 Å². The van der Waals surface area contributed by atoms with Crippen LogP contribution in [0.1, 0.15) is 26.2 Å². The van der Waals surface area contributed by atoms with E-state index in [2.05, 4.69) is 24.2 Å². The van der Waals surface area contributed by atoms with E-state index in [1.165, 1.54) is 25.9 Å². The number of likely N-dealkylation sites (tertiary alicyclic amines) is 1. The maximum atomic E-state index is 5.93. The molecule has 4 nitrogen and oxygen atoms in total. The van der Waals surface area contributed by atoms with Crippen LogP contribution in [-0.4, -0.2) is 38.2 Å². The summed E-state index contributed by atoms with van der Waals surface area (Å²) in [5, 5.41) is 3.52. The molecule has 0 spiro atoms. The second-order valence-electron chi connectivity index (χ2n) is 5.75. The largest absolute Gasteiger partial charge is 0.491 e. The Balaban J connectivity index is 1.88. The van der Waals surface area contributed by atoms with Crippen LogP contribution in [0, 0.1) is 5.92 Å². The summed E-state index contributed by atoms with van der Waals surface area (Å²) < 4.78 is 5.66. The van der Waals surface area contributed by atoms with Gasteiger partial charge >= 0.3 is 0 Å². The smallest absolute Gasteiger partial charge is 0.144 e. The Labute approximate surface area is 122 Å². The normalized spacial score (nSPS) is 19.8. The van der Waals surface area contributed by atoms with E-state index < -0.39 is 0 Å². The quantitative estimate of drug-likeness (QED) is 0.785. The maximum Gasteiger partial charge on any atom is 0.144 e. The molecule has 0 aliphatic carbocycles. The summed E-state index contributed by atoms with van der Waals surface area (Å²) in [7, 11) is 2.20. The summed E-state index contributed by atoms with van der Waals surface area (Å²) in [4.78, 5) is 2.41. The van der Waals surface area contributed by atoms with E-state index in [1.807, 2.05) is 18.2 Å². The molecule has 0 radical (unpaired) electrons. The molecular formula is C16H27N3O. The number of nitrogens with zero attached hydrogens (tertiary/aromatic N) is 1. The molecule has 1 saturated heterocycles. The van der Waals surface area contributed by atoms with Gasteiger partial charge in [0, 0.05) is 24.8 Å². The van der Waals surface area contributed by atoms with Crippen LogP contribution < -0.4 is 15.8 Å². The maximum absolute atomic E-state index is 5.93. The van der Waals surface area contributed by atoms with E-state index in [0.29, 0.717) is 12.3 Å². The van der Waals surface area contributed by atoms with Gasteiger partial charge < -0.3 is 20.7 Å². The monoisotopic (exact) mass is 277 g/mol. The SMILES string of the molecule is CCCOc1cc(NCC2CCCN(C)C2)ccc1N. The van der Waals surface area contributed by atoms with E-state index in [4.69, 9.17) is 10.5 Å². The highest BCUT2D eigenvalue weighted by molar-refractivity contribution is 5.61. The molecule has 1 fully saturated rings. The lowest BCUT2D eigenvalue weighted by molar-refractivity contribution is 0.217. The molecule has 1 aromatic carbocycles. The molecule has 1 aliphatic heterocycles. The van der Waals surface area contributed by atoms with Crippen LogP contribution in [0.4, 0.5) is 11.4 Å². The summed E-state index contributed by atoms with van der Waals surface area (Å²) in [6, 6.07) is 5.96. The number of rotatable bonds is 6. The predicted octanol–water partition coefficient (Wildman–Crippen LogP) is 2.81. The minimum Gasteiger partial charge on any atom is -0.491 e. The third-order valence-corrected chi connectivity index (χ3v) is 3.79. The summed E-state index contributed by atoms with van der Waals surface area (Å²) >= 11 is 0. The molecule has 1 unspecified atom stereocenters. The number of anilines is 2. The Hall–Kier alpha value is -1.42. The highest BCUT2D eigenvalue weighted by atomic mass is 16.5. The van der Waals surface area contributed by atoms with Gasteiger partial charge in [-0.2, -0.15) is 0 Å². The number of hydrogen-bond donors (Lipinski definition) is 2. The van der Waals surface area contributed by atoms with Gasteiger partial charge in [0.1, 0.15) is 5.75 Å². The number of benzene rings is 1. The first-order chi connectivity index (χ1) is 9.69. The third-order valence-electron chi connectivity index (χ3n) is 3.79. The van der Waals surface area contributed by atoms with Crippen molar-refractivity contribution in [3.05, 3.63) is 18.2 Å². The molecule has 112 valence electrons. The number of ether oxygens (including phenoxy) is 1. The summed E-state index contributed by atoms with van der Waals surface area (Å²) in [5.41, 5.74) is 7.73. The van der Waals surface area contributed by atoms with Crippen molar-refractivity contribution >= 4 is 11.4 Å². The molecule has 4 heteroatoms. The molecule has 0 aromatic heterocycles. The molecule has 1 aliphatic rings. The van der Waals surface area contributed by atoms with E-state index in [-0.39, 0.29) is 0 Å². The average Bonchev–Trinajstić information content (AvgIpc) is 2.45. The van der Waals surface area contributed by atoms with E-state index >= 15 is 0 Å². The fourth-order valence-electron chi connectivity index (χ4n) is 2.68. The minimum atomic E-state index is 0.709. The van der Waals surface area contributed by atoms with Crippen molar-refractivity contribution in [2.24, 2.45) is 5.92 Å². The van der Waals surface area contributed by atoms with Crippen LogP contribution in [0.25, 0.3) is 0 Å². The van der Waals surface area contributed by atoms with Gasteiger partial charge in [-0.1, -0.05) is 6.92 Å². The van der Waals surface area contributed by atoms with Crippen molar-refractivity contribution < 1.29 is 4.74 Å². The van der Waals surface area contributed by atoms with E-state index in [9.17, 15) is 0 Å². The van der Waals surface area contributed by atoms with Crippen molar-refractivity contribution in [1.82, 2.24) is 4.90 Å². The molecule has 3 N–H and O–H groups in total. The molecule has 0 saturated carbocycles. The second kappa shape index (κ2) is 7.39. The number of hydrogen-bond acceptors (Lipinski definition) is 4. The van der Waals surface area contributed by atoms with Crippen molar-refractivity contribution in [1.29, 1.82) is 0 Å². The molecule has 0 bridgehead atoms. The Bertz CT molecular complexity index is 422. The Kier molecular flexibility index (Phi) is 5.53. The van der Waals surface area contributed by atoms with Crippen molar-refractivity contribution in [3.63, 3.8) is 0 Å². The third kappa shape index (κ3) is 4.30. The first-order valence-corrected chi connectivity index (χ1v) is 7.63. The van der Waals surface area contributed by atoms with Crippen molar-refractivity contribution in [2.75, 3.05) is 44.3 Å². The minimum absolute atomic E-state index is 0.709. The molecule has 1 aromatic rings. The number of nitrogens with one attached hydrogen (secondary N) is 1. The van der Waals surface area contributed by atoms with Crippen LogP contribution in [0.2, 0.25) is 0 Å². The van der Waals surface area contributed by atoms with Crippen LogP contribution in [0.15, 0.2) is 18.2 Å². The lowest BCUT2D eigenvalue weighted by atomic mass is 9.98. The van der Waals surface area contributed by atoms with Gasteiger partial charge in [-0.15, -0.1) is 0 Å². The van der Waals surface area contributed by atoms with Gasteiger partial charge in [-0.25, -0.2) is 0 Å². The molecular weight excluding hydrogens is 250 g/mol.